The molecular weight excluding hydrogens is 155 g/mol. The summed E-state index contributed by atoms with van der Waals surface area (Å²) in [4.78, 5) is 11.4. The van der Waals surface area contributed by atoms with Gasteiger partial charge in [-0.3, -0.25) is 0 Å². The molecule has 0 atom stereocenters. The third-order valence-electron chi connectivity index (χ3n) is 2.10. The zero-order chi connectivity index (χ0) is 9.26. The Morgan fingerprint density at radius 1 is 1.54 bits per heavy atom. The van der Waals surface area contributed by atoms with Crippen LogP contribution in [0, 0.1) is 0 Å². The maximum atomic E-state index is 4.09. The summed E-state index contributed by atoms with van der Waals surface area (Å²) in [6.45, 7) is 3.75. The topological polar surface area (TPSA) is 41.0 Å². The average molecular weight is 160 g/mol. The zero-order valence-electron chi connectivity index (χ0n) is 7.70. The number of nitrogens with one attached hydrogen (secondary N) is 1. The zero-order valence-corrected chi connectivity index (χ0v) is 7.70. The van der Waals surface area contributed by atoms with Gasteiger partial charge in [-0.05, 0) is 0 Å². The number of aromatic amines is 1. The number of aromatic nitrogens is 2. The fraction of sp³-hybridized carbons (Fsp3) is 0. The van der Waals surface area contributed by atoms with E-state index < -0.39 is 0 Å². The van der Waals surface area contributed by atoms with Crippen molar-refractivity contribution in [2.45, 2.75) is 0 Å². The van der Waals surface area contributed by atoms with E-state index in [1.165, 1.54) is 0 Å². The summed E-state index contributed by atoms with van der Waals surface area (Å²) in [7, 11) is 7.53. The first-order valence-electron chi connectivity index (χ1n) is 4.17. The maximum absolute atomic E-state index is 4.09. The third kappa shape index (κ3) is 1.52. The predicted octanol–water partition coefficient (Wildman–Crippen LogP) is -4.10. The molecule has 1 N–H and O–H groups in total. The van der Waals surface area contributed by atoms with E-state index in [-0.39, 0.29) is 0 Å². The fourth-order valence-corrected chi connectivity index (χ4v) is 1.48. The van der Waals surface area contributed by atoms with E-state index in [9.17, 15) is 0 Å². The summed E-state index contributed by atoms with van der Waals surface area (Å²) in [5, 5.41) is 1.13. The second-order valence-corrected chi connectivity index (χ2v) is 2.97. The number of fused-ring (bicyclic) bond motifs is 1. The monoisotopic (exact) mass is 161 g/mol. The van der Waals surface area contributed by atoms with Gasteiger partial charge in [-0.1, -0.05) is 0 Å². The van der Waals surface area contributed by atoms with Crippen molar-refractivity contribution >= 4 is 65.4 Å². The van der Waals surface area contributed by atoms with Crippen LogP contribution in [0.15, 0.2) is 4.81 Å². The number of hydrogen-bond acceptors (Lipinski definition) is 2. The summed E-state index contributed by atoms with van der Waals surface area (Å²) in [6.07, 6.45) is 0. The minimum absolute atomic E-state index is 1.11. The molecule has 2 aromatic heterocycles. The van der Waals surface area contributed by atoms with Crippen LogP contribution >= 0.6 is 0 Å². The molecule has 0 aliphatic carbocycles. The molecule has 0 aliphatic heterocycles. The molecule has 0 saturated carbocycles. The van der Waals surface area contributed by atoms with Crippen LogP contribution in [0.2, 0.25) is 0 Å². The van der Waals surface area contributed by atoms with E-state index in [2.05, 4.69) is 14.6 Å². The summed E-state index contributed by atoms with van der Waals surface area (Å²) < 4.78 is 0. The van der Waals surface area contributed by atoms with E-state index >= 15 is 0 Å². The second kappa shape index (κ2) is 3.56. The van der Waals surface area contributed by atoms with Gasteiger partial charge in [0, 0.05) is 0 Å². The van der Waals surface area contributed by atoms with Gasteiger partial charge >= 0.3 is 80.0 Å². The van der Waals surface area contributed by atoms with Crippen LogP contribution in [-0.4, -0.2) is 53.5 Å². The fourth-order valence-electron chi connectivity index (χ4n) is 1.48. The van der Waals surface area contributed by atoms with Crippen molar-refractivity contribution < 1.29 is 0 Å². The van der Waals surface area contributed by atoms with Crippen LogP contribution in [-0.2, 0) is 0 Å². The van der Waals surface area contributed by atoms with Gasteiger partial charge in [-0.15, -0.1) is 0 Å². The van der Waals surface area contributed by atoms with Gasteiger partial charge in [-0.2, -0.15) is 0 Å². The number of H-pyrrole nitrogens is 1. The molecule has 0 aliphatic rings. The average Bonchev–Trinajstić information content (AvgIpc) is 2.44. The van der Waals surface area contributed by atoms with Crippen LogP contribution in [0.4, 0.5) is 0 Å². The summed E-state index contributed by atoms with van der Waals surface area (Å²) in [6, 6.07) is 0. The van der Waals surface area contributed by atoms with E-state index in [1.807, 2.05) is 28.8 Å². The SMILES string of the molecule is B/N=B\c1c(B)[nH]c2bbnbc12. The molecule has 0 unspecified atom stereocenters. The molecule has 0 radical (unpaired) electrons. The Kier molecular flexibility index (Phi) is 2.42. The van der Waals surface area contributed by atoms with Crippen molar-refractivity contribution in [2.24, 2.45) is 4.81 Å². The van der Waals surface area contributed by atoms with E-state index in [0.717, 1.165) is 21.7 Å². The van der Waals surface area contributed by atoms with E-state index in [1.54, 1.807) is 14.9 Å². The third-order valence-corrected chi connectivity index (χ3v) is 2.10. The van der Waals surface area contributed by atoms with Crippen molar-refractivity contribution in [1.29, 1.82) is 0 Å². The Bertz CT molecular complexity index is 464. The second-order valence-electron chi connectivity index (χ2n) is 2.97. The molecule has 2 heterocycles. The van der Waals surface area contributed by atoms with Gasteiger partial charge in [0.25, 0.3) is 0 Å². The molecule has 0 aromatic carbocycles. The number of hydrogen-bond donors (Lipinski definition) is 1. The Balaban J connectivity index is 2.78. The quantitative estimate of drug-likeness (QED) is 0.423. The number of rotatable bonds is 1. The Morgan fingerprint density at radius 3 is 3.15 bits per heavy atom. The Labute approximate surface area is 80.6 Å². The van der Waals surface area contributed by atoms with Crippen molar-refractivity contribution in [3.8, 4) is 0 Å². The van der Waals surface area contributed by atoms with E-state index in [4.69, 9.17) is 0 Å². The first kappa shape index (κ1) is 8.85. The van der Waals surface area contributed by atoms with Crippen molar-refractivity contribution in [3.05, 3.63) is 0 Å². The standard InChI is InChI=1S/C4H5B6N3/c5-3-1(8-12-6)2-4(11-3)7-10-13-9-2/h11H,5-6H2. The summed E-state index contributed by atoms with van der Waals surface area (Å²) in [5.41, 5.74) is 3.38. The van der Waals surface area contributed by atoms with E-state index in [0.29, 0.717) is 0 Å². The molecule has 2 aromatic rings. The molecule has 0 amide bonds. The normalized spacial score (nSPS) is 9.85. The Hall–Kier alpha value is -0.730. The van der Waals surface area contributed by atoms with Crippen LogP contribution in [0.3, 0.4) is 0 Å². The molecule has 0 saturated heterocycles. The van der Waals surface area contributed by atoms with Crippen LogP contribution in [0.25, 0.3) is 10.7 Å². The molecule has 0 fully saturated rings. The predicted molar refractivity (Wildman–Crippen MR) is 64.7 cm³/mol. The molecule has 9 heteroatoms. The first-order chi connectivity index (χ1) is 6.33. The van der Waals surface area contributed by atoms with Gasteiger partial charge in [-0.25, -0.2) is 0 Å². The van der Waals surface area contributed by atoms with Crippen LogP contribution < -0.4 is 11.1 Å². The van der Waals surface area contributed by atoms with Gasteiger partial charge in [0.1, 0.15) is 0 Å². The molecular formula is C4H5B6N3. The van der Waals surface area contributed by atoms with Crippen molar-refractivity contribution in [2.75, 3.05) is 0 Å². The van der Waals surface area contributed by atoms with Gasteiger partial charge < -0.3 is 0 Å². The van der Waals surface area contributed by atoms with Gasteiger partial charge in [0.05, 0.1) is 0 Å². The summed E-state index contributed by atoms with van der Waals surface area (Å²) in [5.74, 6) is 0. The molecule has 2 rings (SSSR count). The van der Waals surface area contributed by atoms with Crippen molar-refractivity contribution in [3.63, 3.8) is 0 Å². The molecule has 3 nitrogen and oxygen atoms in total. The first-order valence-corrected chi connectivity index (χ1v) is 4.17. The molecule has 0 bridgehead atoms. The van der Waals surface area contributed by atoms with Crippen LogP contribution in [0.5, 0.6) is 0 Å². The Morgan fingerprint density at radius 2 is 2.38 bits per heavy atom. The van der Waals surface area contributed by atoms with Crippen molar-refractivity contribution in [1.82, 2.24) is 9.78 Å². The molecule has 54 valence electrons. The molecule has 13 heavy (non-hydrogen) atoms. The van der Waals surface area contributed by atoms with Gasteiger partial charge in [0.15, 0.2) is 0 Å². The van der Waals surface area contributed by atoms with Gasteiger partial charge in [0.2, 0.25) is 0 Å². The molecule has 0 spiro atoms. The minimum atomic E-state index is 1.11. The summed E-state index contributed by atoms with van der Waals surface area (Å²) >= 11 is 0. The number of nitrogens with zero attached hydrogens (tertiary/aromatic N) is 2. The van der Waals surface area contributed by atoms with Crippen LogP contribution in [0.1, 0.15) is 0 Å².